The van der Waals surface area contributed by atoms with Gasteiger partial charge in [0, 0.05) is 11.2 Å². The van der Waals surface area contributed by atoms with E-state index in [9.17, 15) is 0 Å². The number of nitrogens with zero attached hydrogens (tertiary/aromatic N) is 1. The van der Waals surface area contributed by atoms with Crippen LogP contribution in [0.15, 0.2) is 30.5 Å². The van der Waals surface area contributed by atoms with Crippen LogP contribution in [0.4, 0.5) is 0 Å². The van der Waals surface area contributed by atoms with E-state index in [1.165, 1.54) is 0 Å². The average Bonchev–Trinajstić information content (AvgIpc) is 2.32. The fraction of sp³-hybridized carbons (Fsp3) is 0.312. The minimum absolute atomic E-state index is 0.124. The van der Waals surface area contributed by atoms with Crippen molar-refractivity contribution in [2.75, 3.05) is 0 Å². The summed E-state index contributed by atoms with van der Waals surface area (Å²) in [4.78, 5) is 4.45. The first-order chi connectivity index (χ1) is 8.97. The van der Waals surface area contributed by atoms with E-state index >= 15 is 0 Å². The lowest BCUT2D eigenvalue weighted by molar-refractivity contribution is 0.689. The number of aromatic nitrogens is 1. The number of aryl methyl sites for hydroxylation is 3. The first kappa shape index (κ1) is 14.0. The van der Waals surface area contributed by atoms with E-state index in [1.54, 1.807) is 0 Å². The third kappa shape index (κ3) is 3.34. The Balaban J connectivity index is 2.23. The van der Waals surface area contributed by atoms with Crippen molar-refractivity contribution in [2.45, 2.75) is 33.2 Å². The molecule has 0 aliphatic carbocycles. The van der Waals surface area contributed by atoms with E-state index in [0.29, 0.717) is 6.42 Å². The van der Waals surface area contributed by atoms with Crippen LogP contribution in [0.25, 0.3) is 0 Å². The van der Waals surface area contributed by atoms with Crippen LogP contribution in [-0.2, 0) is 6.42 Å². The molecule has 1 heterocycles. The zero-order chi connectivity index (χ0) is 14.0. The van der Waals surface area contributed by atoms with Gasteiger partial charge < -0.3 is 5.73 Å². The summed E-state index contributed by atoms with van der Waals surface area (Å²) in [6.07, 6.45) is 2.56. The van der Waals surface area contributed by atoms with Gasteiger partial charge in [0.1, 0.15) is 0 Å². The van der Waals surface area contributed by atoms with Crippen LogP contribution in [0, 0.1) is 20.8 Å². The zero-order valence-corrected chi connectivity index (χ0v) is 12.3. The van der Waals surface area contributed by atoms with Crippen LogP contribution >= 0.6 is 11.6 Å². The van der Waals surface area contributed by atoms with Gasteiger partial charge in [-0.25, -0.2) is 0 Å². The topological polar surface area (TPSA) is 38.9 Å². The number of nitrogens with two attached hydrogens (primary N) is 1. The van der Waals surface area contributed by atoms with Crippen molar-refractivity contribution in [3.63, 3.8) is 0 Å². The Labute approximate surface area is 119 Å². The Hall–Kier alpha value is -1.38. The number of benzene rings is 1. The molecule has 0 fully saturated rings. The molecule has 100 valence electrons. The van der Waals surface area contributed by atoms with Crippen LogP contribution < -0.4 is 5.73 Å². The number of hydrogen-bond acceptors (Lipinski definition) is 2. The van der Waals surface area contributed by atoms with Gasteiger partial charge in [0.05, 0.1) is 11.7 Å². The lowest BCUT2D eigenvalue weighted by Gasteiger charge is -2.15. The predicted octanol–water partition coefficient (Wildman–Crippen LogP) is 3.90. The summed E-state index contributed by atoms with van der Waals surface area (Å²) in [5.74, 6) is 0. The minimum atomic E-state index is -0.124. The van der Waals surface area contributed by atoms with Gasteiger partial charge in [-0.15, -0.1) is 0 Å². The zero-order valence-electron chi connectivity index (χ0n) is 11.6. The number of pyridine rings is 1. The largest absolute Gasteiger partial charge is 0.322 e. The molecule has 0 aliphatic rings. The quantitative estimate of drug-likeness (QED) is 0.922. The number of hydrogen-bond donors (Lipinski definition) is 1. The van der Waals surface area contributed by atoms with Gasteiger partial charge in [0.15, 0.2) is 0 Å². The van der Waals surface area contributed by atoms with E-state index in [-0.39, 0.29) is 6.04 Å². The molecule has 0 spiro atoms. The maximum absolute atomic E-state index is 6.26. The summed E-state index contributed by atoms with van der Waals surface area (Å²) in [7, 11) is 0. The highest BCUT2D eigenvalue weighted by Gasteiger charge is 2.13. The molecule has 2 aromatic rings. The average molecular weight is 275 g/mol. The molecule has 0 saturated heterocycles. The molecular formula is C16H19ClN2. The smallest absolute Gasteiger partial charge is 0.0603 e. The highest BCUT2D eigenvalue weighted by Crippen LogP contribution is 2.24. The summed E-state index contributed by atoms with van der Waals surface area (Å²) < 4.78 is 0. The maximum Gasteiger partial charge on any atom is 0.0603 e. The molecule has 19 heavy (non-hydrogen) atoms. The van der Waals surface area contributed by atoms with Gasteiger partial charge >= 0.3 is 0 Å². The number of rotatable bonds is 3. The third-order valence-electron chi connectivity index (χ3n) is 3.26. The van der Waals surface area contributed by atoms with E-state index < -0.39 is 0 Å². The lowest BCUT2D eigenvalue weighted by atomic mass is 9.99. The third-order valence-corrected chi connectivity index (χ3v) is 3.61. The van der Waals surface area contributed by atoms with E-state index in [4.69, 9.17) is 17.3 Å². The van der Waals surface area contributed by atoms with Crippen molar-refractivity contribution >= 4 is 11.6 Å². The minimum Gasteiger partial charge on any atom is -0.322 e. The van der Waals surface area contributed by atoms with Crippen LogP contribution in [0.1, 0.15) is 34.0 Å². The van der Waals surface area contributed by atoms with Crippen LogP contribution in [0.2, 0.25) is 5.02 Å². The van der Waals surface area contributed by atoms with Gasteiger partial charge in [-0.1, -0.05) is 29.8 Å². The van der Waals surface area contributed by atoms with Gasteiger partial charge in [-0.2, -0.15) is 0 Å². The van der Waals surface area contributed by atoms with E-state index in [0.717, 1.165) is 33.0 Å². The van der Waals surface area contributed by atoms with Gasteiger partial charge in [0.2, 0.25) is 0 Å². The van der Waals surface area contributed by atoms with E-state index in [2.05, 4.69) is 17.1 Å². The normalized spacial score (nSPS) is 12.5. The molecule has 0 bridgehead atoms. The fourth-order valence-corrected chi connectivity index (χ4v) is 2.58. The fourth-order valence-electron chi connectivity index (χ4n) is 2.27. The Bertz CT molecular complexity index is 593. The molecule has 2 N–H and O–H groups in total. The van der Waals surface area contributed by atoms with Crippen molar-refractivity contribution in [1.29, 1.82) is 0 Å². The first-order valence-electron chi connectivity index (χ1n) is 6.41. The summed E-state index contributed by atoms with van der Waals surface area (Å²) in [6.45, 7) is 6.11. The SMILES string of the molecule is Cc1cnc(C(N)Cc2ccc(C)cc2Cl)c(C)c1. The van der Waals surface area contributed by atoms with Crippen molar-refractivity contribution in [3.8, 4) is 0 Å². The standard InChI is InChI=1S/C16H19ClN2/c1-10-4-5-13(14(17)7-10)8-15(18)16-12(3)6-11(2)9-19-16/h4-7,9,15H,8,18H2,1-3H3. The molecule has 0 aliphatic heterocycles. The molecular weight excluding hydrogens is 256 g/mol. The lowest BCUT2D eigenvalue weighted by Crippen LogP contribution is -2.16. The molecule has 0 radical (unpaired) electrons. The number of halogens is 1. The summed E-state index contributed by atoms with van der Waals surface area (Å²) >= 11 is 6.25. The second kappa shape index (κ2) is 5.72. The molecule has 1 aromatic carbocycles. The van der Waals surface area contributed by atoms with Gasteiger partial charge in [0.25, 0.3) is 0 Å². The molecule has 0 amide bonds. The Morgan fingerprint density at radius 3 is 2.53 bits per heavy atom. The first-order valence-corrected chi connectivity index (χ1v) is 6.79. The van der Waals surface area contributed by atoms with Crippen LogP contribution in [0.3, 0.4) is 0 Å². The molecule has 3 heteroatoms. The monoisotopic (exact) mass is 274 g/mol. The van der Waals surface area contributed by atoms with Crippen molar-refractivity contribution in [2.24, 2.45) is 5.73 Å². The molecule has 1 aromatic heterocycles. The Kier molecular flexibility index (Phi) is 4.23. The van der Waals surface area contributed by atoms with Crippen LogP contribution in [0.5, 0.6) is 0 Å². The molecule has 2 nitrogen and oxygen atoms in total. The van der Waals surface area contributed by atoms with Crippen LogP contribution in [-0.4, -0.2) is 4.98 Å². The molecule has 0 saturated carbocycles. The van der Waals surface area contributed by atoms with E-state index in [1.807, 2.05) is 39.1 Å². The second-order valence-corrected chi connectivity index (χ2v) is 5.53. The van der Waals surface area contributed by atoms with Gasteiger partial charge in [-0.05, 0) is 55.5 Å². The molecule has 1 unspecified atom stereocenters. The summed E-state index contributed by atoms with van der Waals surface area (Å²) in [5, 5.41) is 0.778. The summed E-state index contributed by atoms with van der Waals surface area (Å²) in [5.41, 5.74) is 11.7. The Morgan fingerprint density at radius 1 is 1.16 bits per heavy atom. The second-order valence-electron chi connectivity index (χ2n) is 5.12. The van der Waals surface area contributed by atoms with Crippen molar-refractivity contribution in [1.82, 2.24) is 4.98 Å². The molecule has 1 atom stereocenters. The van der Waals surface area contributed by atoms with Gasteiger partial charge in [-0.3, -0.25) is 4.98 Å². The highest BCUT2D eigenvalue weighted by molar-refractivity contribution is 6.31. The van der Waals surface area contributed by atoms with Crippen molar-refractivity contribution < 1.29 is 0 Å². The van der Waals surface area contributed by atoms with Crippen molar-refractivity contribution in [3.05, 3.63) is 63.4 Å². The molecule has 2 rings (SSSR count). The Morgan fingerprint density at radius 2 is 1.89 bits per heavy atom. The maximum atomic E-state index is 6.26. The summed E-state index contributed by atoms with van der Waals surface area (Å²) in [6, 6.07) is 8.06. The predicted molar refractivity (Wildman–Crippen MR) is 80.5 cm³/mol. The highest BCUT2D eigenvalue weighted by atomic mass is 35.5.